The molecule has 2 aromatic heterocycles. The van der Waals surface area contributed by atoms with Gasteiger partial charge in [0.2, 0.25) is 0 Å². The molecule has 1 fully saturated rings. The van der Waals surface area contributed by atoms with Crippen LogP contribution in [-0.2, 0) is 0 Å². The molecular weight excluding hydrogens is 458 g/mol. The zero-order chi connectivity index (χ0) is 24.0. The summed E-state index contributed by atoms with van der Waals surface area (Å²) in [7, 11) is 0. The monoisotopic (exact) mass is 483 g/mol. The number of aryl methyl sites for hydroxylation is 1. The van der Waals surface area contributed by atoms with Gasteiger partial charge in [0.05, 0.1) is 5.56 Å². The van der Waals surface area contributed by atoms with E-state index in [4.69, 9.17) is 4.74 Å². The Morgan fingerprint density at radius 1 is 0.829 bits per heavy atom. The molecule has 0 unspecified atom stereocenters. The normalized spacial score (nSPS) is 13.5. The lowest BCUT2D eigenvalue weighted by Crippen LogP contribution is -2.49. The Hall–Kier alpha value is -3.91. The van der Waals surface area contributed by atoms with E-state index in [0.717, 1.165) is 29.4 Å². The number of hydrogen-bond acceptors (Lipinski definition) is 7. The summed E-state index contributed by atoms with van der Waals surface area (Å²) < 4.78 is 6.01. The largest absolute Gasteiger partial charge is 0.437 e. The van der Waals surface area contributed by atoms with Crippen LogP contribution in [0.1, 0.15) is 15.9 Å². The Labute approximate surface area is 208 Å². The van der Waals surface area contributed by atoms with E-state index >= 15 is 0 Å². The van der Waals surface area contributed by atoms with E-state index < -0.39 is 0 Å². The van der Waals surface area contributed by atoms with Gasteiger partial charge in [-0.3, -0.25) is 4.79 Å². The van der Waals surface area contributed by atoms with Crippen molar-refractivity contribution in [1.29, 1.82) is 0 Å². The number of pyridine rings is 1. The molecule has 0 aliphatic carbocycles. The Balaban J connectivity index is 1.31. The van der Waals surface area contributed by atoms with E-state index in [1.807, 2.05) is 78.6 Å². The van der Waals surface area contributed by atoms with Gasteiger partial charge in [0.25, 0.3) is 11.8 Å². The van der Waals surface area contributed by atoms with Crippen molar-refractivity contribution in [3.8, 4) is 11.6 Å². The minimum absolute atomic E-state index is 0.0127. The number of anilines is 1. The average molecular weight is 484 g/mol. The second-order valence-corrected chi connectivity index (χ2v) is 9.18. The fourth-order valence-corrected chi connectivity index (χ4v) is 4.77. The average Bonchev–Trinajstić information content (AvgIpc) is 2.92. The lowest BCUT2D eigenvalue weighted by Gasteiger charge is -2.35. The summed E-state index contributed by atoms with van der Waals surface area (Å²) >= 11 is 1.39. The second-order valence-electron chi connectivity index (χ2n) is 8.15. The maximum atomic E-state index is 13.5. The van der Waals surface area contributed by atoms with E-state index in [1.165, 1.54) is 11.8 Å². The predicted octanol–water partition coefficient (Wildman–Crippen LogP) is 5.09. The van der Waals surface area contributed by atoms with Crippen molar-refractivity contribution in [2.75, 3.05) is 31.1 Å². The molecule has 7 nitrogen and oxygen atoms in total. The highest BCUT2D eigenvalue weighted by atomic mass is 32.2. The number of amides is 1. The van der Waals surface area contributed by atoms with Gasteiger partial charge in [-0.1, -0.05) is 47.7 Å². The Morgan fingerprint density at radius 2 is 1.57 bits per heavy atom. The van der Waals surface area contributed by atoms with Crippen LogP contribution in [-0.4, -0.2) is 51.9 Å². The van der Waals surface area contributed by atoms with Crippen LogP contribution < -0.4 is 9.64 Å². The fourth-order valence-electron chi connectivity index (χ4n) is 3.86. The van der Waals surface area contributed by atoms with E-state index in [2.05, 4.69) is 19.9 Å². The highest BCUT2D eigenvalue weighted by Crippen LogP contribution is 2.36. The van der Waals surface area contributed by atoms with Gasteiger partial charge in [-0.2, -0.15) is 0 Å². The topological polar surface area (TPSA) is 71.5 Å². The van der Waals surface area contributed by atoms with Gasteiger partial charge in [-0.15, -0.1) is 0 Å². The van der Waals surface area contributed by atoms with Gasteiger partial charge in [0.1, 0.15) is 11.6 Å². The first-order chi connectivity index (χ1) is 17.2. The molecule has 0 atom stereocenters. The summed E-state index contributed by atoms with van der Waals surface area (Å²) in [5.74, 6) is 2.05. The molecule has 0 spiro atoms. The van der Waals surface area contributed by atoms with E-state index in [1.54, 1.807) is 18.6 Å². The van der Waals surface area contributed by atoms with Crippen molar-refractivity contribution < 1.29 is 9.53 Å². The van der Waals surface area contributed by atoms with Crippen LogP contribution in [0.25, 0.3) is 0 Å². The number of benzene rings is 2. The van der Waals surface area contributed by atoms with Crippen LogP contribution in [0.5, 0.6) is 11.6 Å². The highest BCUT2D eigenvalue weighted by molar-refractivity contribution is 7.99. The molecule has 2 aromatic carbocycles. The van der Waals surface area contributed by atoms with Crippen molar-refractivity contribution in [2.24, 2.45) is 0 Å². The minimum atomic E-state index is 0.0127. The van der Waals surface area contributed by atoms with Gasteiger partial charge >= 0.3 is 0 Å². The minimum Gasteiger partial charge on any atom is -0.437 e. The quantitative estimate of drug-likeness (QED) is 0.378. The first kappa shape index (κ1) is 22.9. The predicted molar refractivity (Wildman–Crippen MR) is 136 cm³/mol. The summed E-state index contributed by atoms with van der Waals surface area (Å²) in [6.07, 6.45) is 5.03. The first-order valence-electron chi connectivity index (χ1n) is 11.4. The number of hydrogen-bond donors (Lipinski definition) is 0. The van der Waals surface area contributed by atoms with Crippen LogP contribution in [0.15, 0.2) is 95.2 Å². The van der Waals surface area contributed by atoms with Crippen molar-refractivity contribution in [3.63, 3.8) is 0 Å². The molecule has 35 heavy (non-hydrogen) atoms. The summed E-state index contributed by atoms with van der Waals surface area (Å²) in [4.78, 5) is 31.7. The van der Waals surface area contributed by atoms with E-state index in [-0.39, 0.29) is 5.91 Å². The molecule has 1 aliphatic heterocycles. The SMILES string of the molecule is Cc1ccc(Oc2nccnc2Sc2ccccc2C(=O)N2CCN(c3ccccn3)CC2)cc1. The molecular formula is C27H25N5O2S. The summed E-state index contributed by atoms with van der Waals surface area (Å²) in [6.45, 7) is 4.80. The molecule has 4 aromatic rings. The van der Waals surface area contributed by atoms with Crippen LogP contribution >= 0.6 is 11.8 Å². The molecule has 1 saturated heterocycles. The lowest BCUT2D eigenvalue weighted by atomic mass is 10.2. The number of carbonyl (C=O) groups excluding carboxylic acids is 1. The standard InChI is InChI=1S/C27H25N5O2S/c1-20-9-11-21(12-10-20)34-25-26(30-15-14-29-25)35-23-7-3-2-6-22(23)27(33)32-18-16-31(17-19-32)24-8-4-5-13-28-24/h2-15H,16-19H2,1H3. The van der Waals surface area contributed by atoms with Crippen molar-refractivity contribution >= 4 is 23.5 Å². The number of aromatic nitrogens is 3. The molecule has 176 valence electrons. The van der Waals surface area contributed by atoms with Crippen LogP contribution in [0.2, 0.25) is 0 Å². The molecule has 0 N–H and O–H groups in total. The highest BCUT2D eigenvalue weighted by Gasteiger charge is 2.25. The van der Waals surface area contributed by atoms with Crippen molar-refractivity contribution in [2.45, 2.75) is 16.8 Å². The van der Waals surface area contributed by atoms with Crippen molar-refractivity contribution in [3.05, 3.63) is 96.4 Å². The third-order valence-corrected chi connectivity index (χ3v) is 6.78. The van der Waals surface area contributed by atoms with Gasteiger partial charge in [0.15, 0.2) is 5.03 Å². The van der Waals surface area contributed by atoms with Crippen LogP contribution in [0.4, 0.5) is 5.82 Å². The maximum absolute atomic E-state index is 13.5. The molecule has 0 radical (unpaired) electrons. The molecule has 1 amide bonds. The molecule has 0 saturated carbocycles. The second kappa shape index (κ2) is 10.6. The van der Waals surface area contributed by atoms with Gasteiger partial charge in [-0.05, 0) is 43.3 Å². The Morgan fingerprint density at radius 3 is 2.34 bits per heavy atom. The van der Waals surface area contributed by atoms with Crippen LogP contribution in [0.3, 0.4) is 0 Å². The number of carbonyl (C=O) groups is 1. The van der Waals surface area contributed by atoms with E-state index in [0.29, 0.717) is 35.3 Å². The molecule has 1 aliphatic rings. The van der Waals surface area contributed by atoms with Gasteiger partial charge in [-0.25, -0.2) is 15.0 Å². The smallest absolute Gasteiger partial charge is 0.255 e. The number of piperazine rings is 1. The third kappa shape index (κ3) is 5.44. The summed E-state index contributed by atoms with van der Waals surface area (Å²) in [5.41, 5.74) is 1.80. The molecule has 3 heterocycles. The summed E-state index contributed by atoms with van der Waals surface area (Å²) in [6, 6.07) is 21.3. The number of ether oxygens (including phenoxy) is 1. The van der Waals surface area contributed by atoms with Crippen molar-refractivity contribution in [1.82, 2.24) is 19.9 Å². The molecule has 8 heteroatoms. The third-order valence-electron chi connectivity index (χ3n) is 5.73. The number of rotatable bonds is 6. The number of nitrogens with zero attached hydrogens (tertiary/aromatic N) is 5. The molecule has 0 bridgehead atoms. The molecule has 5 rings (SSSR count). The lowest BCUT2D eigenvalue weighted by molar-refractivity contribution is 0.0743. The maximum Gasteiger partial charge on any atom is 0.255 e. The zero-order valence-electron chi connectivity index (χ0n) is 19.4. The Kier molecular flexibility index (Phi) is 6.90. The first-order valence-corrected chi connectivity index (χ1v) is 12.3. The van der Waals surface area contributed by atoms with Gasteiger partial charge in [0, 0.05) is 49.7 Å². The van der Waals surface area contributed by atoms with Crippen LogP contribution in [0, 0.1) is 6.92 Å². The fraction of sp³-hybridized carbons (Fsp3) is 0.185. The van der Waals surface area contributed by atoms with E-state index in [9.17, 15) is 4.79 Å². The zero-order valence-corrected chi connectivity index (χ0v) is 20.2. The van der Waals surface area contributed by atoms with Gasteiger partial charge < -0.3 is 14.5 Å². The Bertz CT molecular complexity index is 1290. The summed E-state index contributed by atoms with van der Waals surface area (Å²) in [5, 5.41) is 0.605.